The summed E-state index contributed by atoms with van der Waals surface area (Å²) in [6.07, 6.45) is -10.9. The molecule has 1 amide bonds. The van der Waals surface area contributed by atoms with Crippen LogP contribution in [-0.4, -0.2) is 29.1 Å². The molecule has 1 aromatic heterocycles. The second-order valence-electron chi connectivity index (χ2n) is 9.40. The highest BCUT2D eigenvalue weighted by Crippen LogP contribution is 2.42. The number of alkyl halides is 6. The van der Waals surface area contributed by atoms with Gasteiger partial charge in [-0.05, 0) is 61.4 Å². The first kappa shape index (κ1) is 29.5. The number of aryl methyl sites for hydroxylation is 1. The van der Waals surface area contributed by atoms with Crippen LogP contribution in [0.3, 0.4) is 0 Å². The van der Waals surface area contributed by atoms with Gasteiger partial charge in [0.15, 0.2) is 0 Å². The molecule has 1 saturated heterocycles. The molecule has 1 aliphatic heterocycles. The van der Waals surface area contributed by atoms with Gasteiger partial charge in [-0.2, -0.15) is 26.3 Å². The number of pyridine rings is 1. The molecule has 2 atom stereocenters. The highest BCUT2D eigenvalue weighted by molar-refractivity contribution is 6.33. The molecule has 214 valence electrons. The third kappa shape index (κ3) is 6.14. The van der Waals surface area contributed by atoms with Gasteiger partial charge in [-0.25, -0.2) is 4.79 Å². The summed E-state index contributed by atoms with van der Waals surface area (Å²) in [5, 5.41) is 0.394. The molecule has 0 saturated carbocycles. The second-order valence-corrected chi connectivity index (χ2v) is 9.81. The SMILES string of the molecule is CCCc1ccc(-c2cc(OC)ccc2Cl)c(CN2C(=O)O[C@H](c3cc(C(F)(F)F)cc(C(F)(F)F)c3)[C@@H]2C)n1. The number of cyclic esters (lactones) is 1. The lowest BCUT2D eigenvalue weighted by Gasteiger charge is -2.23. The van der Waals surface area contributed by atoms with Gasteiger partial charge in [0, 0.05) is 21.8 Å². The average molecular weight is 587 g/mol. The van der Waals surface area contributed by atoms with Gasteiger partial charge in [0.25, 0.3) is 0 Å². The number of aromatic nitrogens is 1. The van der Waals surface area contributed by atoms with Crippen LogP contribution in [0.4, 0.5) is 31.1 Å². The third-order valence-corrected chi connectivity index (χ3v) is 6.98. The Morgan fingerprint density at radius 3 is 2.20 bits per heavy atom. The third-order valence-electron chi connectivity index (χ3n) is 6.65. The van der Waals surface area contributed by atoms with Gasteiger partial charge < -0.3 is 9.47 Å². The van der Waals surface area contributed by atoms with Crippen LogP contribution in [0.15, 0.2) is 48.5 Å². The zero-order valence-corrected chi connectivity index (χ0v) is 22.4. The standard InChI is InChI=1S/C28H25ClF6N2O3/c1-4-5-19-6-8-21(22-13-20(39-3)7-9-23(22)29)24(36-19)14-37-15(2)25(40-26(37)38)16-10-17(27(30,31)32)12-18(11-16)28(33,34)35/h6-13,15,25H,4-5,14H2,1-3H3/t15-,25-/m0/s1. The molecule has 0 aliphatic carbocycles. The summed E-state index contributed by atoms with van der Waals surface area (Å²) in [6, 6.07) is 8.95. The van der Waals surface area contributed by atoms with Crippen LogP contribution in [0.25, 0.3) is 11.1 Å². The van der Waals surface area contributed by atoms with Crippen molar-refractivity contribution in [3.63, 3.8) is 0 Å². The zero-order chi connectivity index (χ0) is 29.4. The fraction of sp³-hybridized carbons (Fsp3) is 0.357. The molecule has 0 radical (unpaired) electrons. The maximum Gasteiger partial charge on any atom is 0.416 e. The molecule has 1 fully saturated rings. The number of methoxy groups -OCH3 is 1. The summed E-state index contributed by atoms with van der Waals surface area (Å²) >= 11 is 6.47. The van der Waals surface area contributed by atoms with E-state index in [9.17, 15) is 31.1 Å². The molecule has 2 aromatic carbocycles. The average Bonchev–Trinajstić information content (AvgIpc) is 3.17. The molecule has 3 aromatic rings. The molecule has 4 rings (SSSR count). The fourth-order valence-electron chi connectivity index (χ4n) is 4.61. The predicted molar refractivity (Wildman–Crippen MR) is 136 cm³/mol. The van der Waals surface area contributed by atoms with Crippen LogP contribution in [0.2, 0.25) is 5.02 Å². The van der Waals surface area contributed by atoms with E-state index in [0.717, 1.165) is 12.1 Å². The number of ether oxygens (including phenoxy) is 2. The molecule has 0 unspecified atom stereocenters. The highest BCUT2D eigenvalue weighted by atomic mass is 35.5. The fourth-order valence-corrected chi connectivity index (χ4v) is 4.83. The van der Waals surface area contributed by atoms with Crippen molar-refractivity contribution in [2.45, 2.75) is 57.7 Å². The number of hydrogen-bond donors (Lipinski definition) is 0. The van der Waals surface area contributed by atoms with Gasteiger partial charge in [0.2, 0.25) is 0 Å². The van der Waals surface area contributed by atoms with Gasteiger partial charge in [-0.15, -0.1) is 0 Å². The summed E-state index contributed by atoms with van der Waals surface area (Å²) in [6.45, 7) is 3.35. The maximum atomic E-state index is 13.4. The predicted octanol–water partition coefficient (Wildman–Crippen LogP) is 8.48. The van der Waals surface area contributed by atoms with Crippen LogP contribution < -0.4 is 4.74 Å². The van der Waals surface area contributed by atoms with Crippen molar-refractivity contribution in [1.29, 1.82) is 0 Å². The number of benzene rings is 2. The lowest BCUT2D eigenvalue weighted by Crippen LogP contribution is -2.32. The van der Waals surface area contributed by atoms with Crippen LogP contribution in [0, 0.1) is 0 Å². The minimum atomic E-state index is -5.03. The van der Waals surface area contributed by atoms with E-state index >= 15 is 0 Å². The number of carbonyl (C=O) groups excluding carboxylic acids is 1. The van der Waals surface area contributed by atoms with Crippen LogP contribution in [0.5, 0.6) is 5.75 Å². The van der Waals surface area contributed by atoms with Gasteiger partial charge in [-0.1, -0.05) is 31.0 Å². The van der Waals surface area contributed by atoms with Crippen molar-refractivity contribution in [1.82, 2.24) is 9.88 Å². The smallest absolute Gasteiger partial charge is 0.416 e. The van der Waals surface area contributed by atoms with E-state index in [2.05, 4.69) is 0 Å². The van der Waals surface area contributed by atoms with Crippen LogP contribution >= 0.6 is 11.6 Å². The number of hydrogen-bond acceptors (Lipinski definition) is 4. The first-order valence-electron chi connectivity index (χ1n) is 12.3. The number of halogens is 7. The molecule has 12 heteroatoms. The molecule has 0 N–H and O–H groups in total. The van der Waals surface area contributed by atoms with Crippen molar-refractivity contribution in [2.75, 3.05) is 7.11 Å². The Kier molecular flexibility index (Phi) is 8.26. The number of nitrogens with zero attached hydrogens (tertiary/aromatic N) is 2. The Labute approximate surface area is 231 Å². The second kappa shape index (κ2) is 11.2. The van der Waals surface area contributed by atoms with Gasteiger partial charge >= 0.3 is 18.4 Å². The van der Waals surface area contributed by atoms with Crippen molar-refractivity contribution in [3.05, 3.63) is 81.6 Å². The summed E-state index contributed by atoms with van der Waals surface area (Å²) in [5.74, 6) is 0.530. The van der Waals surface area contributed by atoms with E-state index in [1.165, 1.54) is 18.9 Å². The highest BCUT2D eigenvalue weighted by Gasteiger charge is 2.43. The minimum absolute atomic E-state index is 0.0377. The Morgan fingerprint density at radius 2 is 1.62 bits per heavy atom. The molecule has 5 nitrogen and oxygen atoms in total. The molecule has 0 spiro atoms. The number of amides is 1. The number of rotatable bonds is 7. The lowest BCUT2D eigenvalue weighted by molar-refractivity contribution is -0.143. The van der Waals surface area contributed by atoms with E-state index in [1.54, 1.807) is 24.3 Å². The molecule has 0 bridgehead atoms. The first-order valence-corrected chi connectivity index (χ1v) is 12.7. The molecule has 2 heterocycles. The van der Waals surface area contributed by atoms with Crippen LogP contribution in [0.1, 0.15) is 54.5 Å². The lowest BCUT2D eigenvalue weighted by atomic mass is 9.97. The van der Waals surface area contributed by atoms with Gasteiger partial charge in [0.1, 0.15) is 11.9 Å². The van der Waals surface area contributed by atoms with E-state index in [1.807, 2.05) is 13.0 Å². The Morgan fingerprint density at radius 1 is 0.975 bits per heavy atom. The number of carbonyl (C=O) groups is 1. The van der Waals surface area contributed by atoms with Crippen molar-refractivity contribution in [2.24, 2.45) is 0 Å². The molecule has 1 aliphatic rings. The van der Waals surface area contributed by atoms with Crippen molar-refractivity contribution >= 4 is 17.7 Å². The van der Waals surface area contributed by atoms with E-state index in [0.29, 0.717) is 46.1 Å². The van der Waals surface area contributed by atoms with E-state index in [4.69, 9.17) is 26.1 Å². The monoisotopic (exact) mass is 586 g/mol. The summed E-state index contributed by atoms with van der Waals surface area (Å²) in [7, 11) is 1.50. The summed E-state index contributed by atoms with van der Waals surface area (Å²) in [5.41, 5.74) is -1.03. The maximum absolute atomic E-state index is 13.4. The Hall–Kier alpha value is -3.47. The first-order chi connectivity index (χ1) is 18.7. The van der Waals surface area contributed by atoms with Gasteiger partial charge in [-0.3, -0.25) is 9.88 Å². The summed E-state index contributed by atoms with van der Waals surface area (Å²) in [4.78, 5) is 18.9. The van der Waals surface area contributed by atoms with Crippen molar-refractivity contribution < 1.29 is 40.6 Å². The molecule has 40 heavy (non-hydrogen) atoms. The minimum Gasteiger partial charge on any atom is -0.497 e. The zero-order valence-electron chi connectivity index (χ0n) is 21.7. The summed E-state index contributed by atoms with van der Waals surface area (Å²) < 4.78 is 91.3. The topological polar surface area (TPSA) is 51.7 Å². The molecular weight excluding hydrogens is 562 g/mol. The molecular formula is C28H25ClF6N2O3. The van der Waals surface area contributed by atoms with Crippen molar-refractivity contribution in [3.8, 4) is 16.9 Å². The van der Waals surface area contributed by atoms with Crippen LogP contribution in [-0.2, 0) is 30.1 Å². The Bertz CT molecular complexity index is 1380. The van der Waals surface area contributed by atoms with E-state index in [-0.39, 0.29) is 12.6 Å². The van der Waals surface area contributed by atoms with E-state index < -0.39 is 47.3 Å². The normalized spacial score (nSPS) is 17.8. The quantitative estimate of drug-likeness (QED) is 0.261. The largest absolute Gasteiger partial charge is 0.497 e. The van der Waals surface area contributed by atoms with Gasteiger partial charge in [0.05, 0.1) is 36.5 Å². The Balaban J connectivity index is 1.74.